The first-order chi connectivity index (χ1) is 8.24. The minimum atomic E-state index is 0.434. The van der Waals surface area contributed by atoms with Gasteiger partial charge in [-0.15, -0.1) is 0 Å². The van der Waals surface area contributed by atoms with Crippen LogP contribution in [0.1, 0.15) is 30.6 Å². The molecule has 0 saturated carbocycles. The first-order valence-electron chi connectivity index (χ1n) is 6.04. The number of nitrogens with one attached hydrogen (secondary N) is 1. The lowest BCUT2D eigenvalue weighted by atomic mass is 10.0. The van der Waals surface area contributed by atoms with E-state index in [4.69, 9.17) is 0 Å². The van der Waals surface area contributed by atoms with E-state index in [1.807, 2.05) is 30.9 Å². The maximum absolute atomic E-state index is 4.40. The lowest BCUT2D eigenvalue weighted by Crippen LogP contribution is -2.15. The fourth-order valence-corrected chi connectivity index (χ4v) is 2.02. The summed E-state index contributed by atoms with van der Waals surface area (Å²) in [6.45, 7) is 4.19. The summed E-state index contributed by atoms with van der Waals surface area (Å²) in [6.07, 6.45) is 3.08. The van der Waals surface area contributed by atoms with E-state index in [-0.39, 0.29) is 0 Å². The summed E-state index contributed by atoms with van der Waals surface area (Å²) in [7, 11) is 2.00. The number of hydrogen-bond acceptors (Lipinski definition) is 2. The van der Waals surface area contributed by atoms with Gasteiger partial charge in [0.05, 0.1) is 11.4 Å². The van der Waals surface area contributed by atoms with Gasteiger partial charge in [-0.2, -0.15) is 5.10 Å². The maximum Gasteiger partial charge on any atom is 0.0645 e. The lowest BCUT2D eigenvalue weighted by molar-refractivity contribution is 0.577. The van der Waals surface area contributed by atoms with Gasteiger partial charge in [0.2, 0.25) is 0 Å². The largest absolute Gasteiger partial charge is 0.313 e. The normalized spacial score (nSPS) is 12.6. The van der Waals surface area contributed by atoms with Gasteiger partial charge in [0.15, 0.2) is 0 Å². The van der Waals surface area contributed by atoms with Crippen molar-refractivity contribution in [2.24, 2.45) is 0 Å². The molecule has 2 aromatic rings. The summed E-state index contributed by atoms with van der Waals surface area (Å²) in [4.78, 5) is 0. The summed E-state index contributed by atoms with van der Waals surface area (Å²) in [5.41, 5.74) is 3.46. The summed E-state index contributed by atoms with van der Waals surface area (Å²) < 4.78 is 1.90. The Morgan fingerprint density at radius 1 is 1.24 bits per heavy atom. The van der Waals surface area contributed by atoms with Crippen LogP contribution in [0.3, 0.4) is 0 Å². The average molecular weight is 229 g/mol. The number of rotatable bonds is 4. The maximum atomic E-state index is 4.40. The van der Waals surface area contributed by atoms with Crippen molar-refractivity contribution in [3.8, 4) is 5.69 Å². The highest BCUT2D eigenvalue weighted by atomic mass is 15.3. The topological polar surface area (TPSA) is 29.9 Å². The van der Waals surface area contributed by atoms with Gasteiger partial charge < -0.3 is 5.32 Å². The van der Waals surface area contributed by atoms with Crippen LogP contribution >= 0.6 is 0 Å². The first-order valence-corrected chi connectivity index (χ1v) is 6.04. The quantitative estimate of drug-likeness (QED) is 0.873. The zero-order chi connectivity index (χ0) is 12.3. The smallest absolute Gasteiger partial charge is 0.0645 e. The Labute approximate surface area is 102 Å². The van der Waals surface area contributed by atoms with E-state index in [9.17, 15) is 0 Å². The molecule has 0 radical (unpaired) electrons. The molecule has 0 fully saturated rings. The van der Waals surface area contributed by atoms with E-state index >= 15 is 0 Å². The molecule has 0 spiro atoms. The van der Waals surface area contributed by atoms with E-state index in [1.165, 1.54) is 5.56 Å². The SMILES string of the molecule is CCC(NC)c1ccc(-n2ccc(C)n2)cc1. The molecule has 1 N–H and O–H groups in total. The molecule has 1 unspecified atom stereocenters. The van der Waals surface area contributed by atoms with Crippen molar-refractivity contribution in [1.82, 2.24) is 15.1 Å². The predicted octanol–water partition coefficient (Wildman–Crippen LogP) is 2.85. The van der Waals surface area contributed by atoms with Gasteiger partial charge in [-0.1, -0.05) is 19.1 Å². The van der Waals surface area contributed by atoms with Crippen molar-refractivity contribution in [1.29, 1.82) is 0 Å². The standard InChI is InChI=1S/C14H19N3/c1-4-14(15-3)12-5-7-13(8-6-12)17-10-9-11(2)16-17/h5-10,14-15H,4H2,1-3H3. The molecule has 2 rings (SSSR count). The molecule has 3 nitrogen and oxygen atoms in total. The van der Waals surface area contributed by atoms with Crippen LogP contribution in [0.4, 0.5) is 0 Å². The Kier molecular flexibility index (Phi) is 3.59. The average Bonchev–Trinajstić information content (AvgIpc) is 2.78. The van der Waals surface area contributed by atoms with Gasteiger partial charge in [-0.3, -0.25) is 0 Å². The molecule has 0 amide bonds. The summed E-state index contributed by atoms with van der Waals surface area (Å²) in [5.74, 6) is 0. The highest BCUT2D eigenvalue weighted by Crippen LogP contribution is 2.18. The first kappa shape index (κ1) is 11.9. The predicted molar refractivity (Wildman–Crippen MR) is 70.4 cm³/mol. The molecule has 0 aliphatic carbocycles. The molecule has 1 aromatic carbocycles. The number of hydrogen-bond donors (Lipinski definition) is 1. The molecule has 3 heteroatoms. The van der Waals surface area contributed by atoms with Crippen molar-refractivity contribution >= 4 is 0 Å². The molecular weight excluding hydrogens is 210 g/mol. The second-order valence-corrected chi connectivity index (χ2v) is 4.24. The summed E-state index contributed by atoms with van der Waals surface area (Å²) in [6, 6.07) is 11.0. The number of aryl methyl sites for hydroxylation is 1. The molecular formula is C14H19N3. The van der Waals surface area contributed by atoms with Crippen molar-refractivity contribution in [2.45, 2.75) is 26.3 Å². The molecule has 0 bridgehead atoms. The van der Waals surface area contributed by atoms with Gasteiger partial charge in [0.25, 0.3) is 0 Å². The molecule has 0 aliphatic heterocycles. The summed E-state index contributed by atoms with van der Waals surface area (Å²) in [5, 5.41) is 7.71. The molecule has 1 atom stereocenters. The second-order valence-electron chi connectivity index (χ2n) is 4.24. The van der Waals surface area contributed by atoms with Crippen molar-refractivity contribution in [3.05, 3.63) is 47.8 Å². The Hall–Kier alpha value is -1.61. The fraction of sp³-hybridized carbons (Fsp3) is 0.357. The van der Waals surface area contributed by atoms with Gasteiger partial charge in [0.1, 0.15) is 0 Å². The number of benzene rings is 1. The van der Waals surface area contributed by atoms with Gasteiger partial charge in [0, 0.05) is 12.2 Å². The minimum absolute atomic E-state index is 0.434. The van der Waals surface area contributed by atoms with Crippen LogP contribution in [-0.4, -0.2) is 16.8 Å². The Morgan fingerprint density at radius 2 is 1.94 bits per heavy atom. The molecule has 0 saturated heterocycles. The molecule has 17 heavy (non-hydrogen) atoms. The van der Waals surface area contributed by atoms with Crippen LogP contribution in [0.15, 0.2) is 36.5 Å². The monoisotopic (exact) mass is 229 g/mol. The third-order valence-electron chi connectivity index (χ3n) is 3.04. The molecule has 1 aromatic heterocycles. The summed E-state index contributed by atoms with van der Waals surface area (Å²) >= 11 is 0. The second kappa shape index (κ2) is 5.15. The molecule has 1 heterocycles. The van der Waals surface area contributed by atoms with E-state index in [0.717, 1.165) is 17.8 Å². The van der Waals surface area contributed by atoms with Crippen LogP contribution in [0.25, 0.3) is 5.69 Å². The van der Waals surface area contributed by atoms with Gasteiger partial charge >= 0.3 is 0 Å². The van der Waals surface area contributed by atoms with Crippen LogP contribution in [0.5, 0.6) is 0 Å². The van der Waals surface area contributed by atoms with Crippen molar-refractivity contribution in [2.75, 3.05) is 7.05 Å². The van der Waals surface area contributed by atoms with Crippen LogP contribution in [0.2, 0.25) is 0 Å². The van der Waals surface area contributed by atoms with E-state index in [0.29, 0.717) is 6.04 Å². The number of nitrogens with zero attached hydrogens (tertiary/aromatic N) is 2. The number of aromatic nitrogens is 2. The highest BCUT2D eigenvalue weighted by Gasteiger charge is 2.06. The third kappa shape index (κ3) is 2.56. The lowest BCUT2D eigenvalue weighted by Gasteiger charge is -2.14. The van der Waals surface area contributed by atoms with Crippen LogP contribution < -0.4 is 5.32 Å². The van der Waals surface area contributed by atoms with Crippen LogP contribution in [-0.2, 0) is 0 Å². The Morgan fingerprint density at radius 3 is 2.41 bits per heavy atom. The zero-order valence-electron chi connectivity index (χ0n) is 10.6. The Bertz CT molecular complexity index is 466. The van der Waals surface area contributed by atoms with Crippen LogP contribution in [0, 0.1) is 6.92 Å². The highest BCUT2D eigenvalue weighted by molar-refractivity contribution is 5.35. The van der Waals surface area contributed by atoms with E-state index in [1.54, 1.807) is 0 Å². The van der Waals surface area contributed by atoms with Crippen molar-refractivity contribution in [3.63, 3.8) is 0 Å². The molecule has 0 aliphatic rings. The van der Waals surface area contributed by atoms with Gasteiger partial charge in [-0.05, 0) is 44.2 Å². The molecule has 90 valence electrons. The van der Waals surface area contributed by atoms with E-state index in [2.05, 4.69) is 41.6 Å². The minimum Gasteiger partial charge on any atom is -0.313 e. The third-order valence-corrected chi connectivity index (χ3v) is 3.04. The zero-order valence-corrected chi connectivity index (χ0v) is 10.6. The fourth-order valence-electron chi connectivity index (χ4n) is 2.02. The van der Waals surface area contributed by atoms with Gasteiger partial charge in [-0.25, -0.2) is 4.68 Å². The van der Waals surface area contributed by atoms with Crippen molar-refractivity contribution < 1.29 is 0 Å². The van der Waals surface area contributed by atoms with E-state index < -0.39 is 0 Å². The Balaban J connectivity index is 2.23.